The fourth-order valence-corrected chi connectivity index (χ4v) is 5.44. The monoisotopic (exact) mass is 419 g/mol. The van der Waals surface area contributed by atoms with Crippen molar-refractivity contribution in [2.24, 2.45) is 16.2 Å². The third-order valence-electron chi connectivity index (χ3n) is 6.99. The maximum Gasteiger partial charge on any atom is 0.336 e. The predicted molar refractivity (Wildman–Crippen MR) is 114 cm³/mol. The van der Waals surface area contributed by atoms with Gasteiger partial charge in [-0.15, -0.1) is 0 Å². The lowest BCUT2D eigenvalue weighted by molar-refractivity contribution is -0.204. The van der Waals surface area contributed by atoms with Crippen molar-refractivity contribution >= 4 is 22.4 Å². The minimum absolute atomic E-state index is 0.181. The van der Waals surface area contributed by atoms with Gasteiger partial charge in [0.2, 0.25) is 0 Å². The van der Waals surface area contributed by atoms with Crippen LogP contribution < -0.4 is 0 Å². The first-order valence-electron chi connectivity index (χ1n) is 9.78. The number of hydroxylamine groups is 2. The Morgan fingerprint density at radius 2 is 1.72 bits per heavy atom. The standard InChI is InChI=1S/C22H33NO5Si/c1-19(2,3)22(7)20(4,5)17(13-24)23(28-29)21(22,6)18(25)27-15-26-14-16-11-9-8-10-12-16/h8-12H,14-15H2,1-7,29H3. The number of allylic oxidation sites excluding steroid dienone is 1. The van der Waals surface area contributed by atoms with E-state index in [-0.39, 0.29) is 12.2 Å². The minimum Gasteiger partial charge on any atom is -0.437 e. The van der Waals surface area contributed by atoms with E-state index in [4.69, 9.17) is 14.0 Å². The Balaban J connectivity index is 2.32. The van der Waals surface area contributed by atoms with Crippen LogP contribution in [-0.2, 0) is 30.2 Å². The third-order valence-corrected chi connectivity index (χ3v) is 7.35. The molecule has 2 rings (SSSR count). The largest absolute Gasteiger partial charge is 0.437 e. The van der Waals surface area contributed by atoms with Crippen molar-refractivity contribution in [2.45, 2.75) is 60.6 Å². The number of hydrogen-bond donors (Lipinski definition) is 0. The van der Waals surface area contributed by atoms with Gasteiger partial charge in [0.25, 0.3) is 0 Å². The van der Waals surface area contributed by atoms with Gasteiger partial charge in [-0.2, -0.15) is 0 Å². The molecule has 0 amide bonds. The van der Waals surface area contributed by atoms with Gasteiger partial charge in [-0.05, 0) is 17.9 Å². The van der Waals surface area contributed by atoms with Crippen LogP contribution in [0.4, 0.5) is 0 Å². The van der Waals surface area contributed by atoms with Gasteiger partial charge in [-0.25, -0.2) is 14.7 Å². The molecule has 1 fully saturated rings. The highest BCUT2D eigenvalue weighted by molar-refractivity contribution is 5.98. The molecule has 2 atom stereocenters. The molecule has 1 heterocycles. The summed E-state index contributed by atoms with van der Waals surface area (Å²) in [5.74, 6) is 1.54. The van der Waals surface area contributed by atoms with Gasteiger partial charge in [0, 0.05) is 10.8 Å². The second-order valence-electron chi connectivity index (χ2n) is 9.38. The minimum atomic E-state index is -1.22. The highest BCUT2D eigenvalue weighted by Crippen LogP contribution is 2.68. The molecule has 1 aromatic rings. The maximum absolute atomic E-state index is 13.4. The molecule has 0 spiro atoms. The number of hydrogen-bond acceptors (Lipinski definition) is 6. The molecule has 1 saturated heterocycles. The third kappa shape index (κ3) is 3.46. The highest BCUT2D eigenvalue weighted by atomic mass is 28.2. The van der Waals surface area contributed by atoms with E-state index in [1.807, 2.05) is 57.0 Å². The summed E-state index contributed by atoms with van der Waals surface area (Å²) in [5.41, 5.74) is -1.62. The van der Waals surface area contributed by atoms with Gasteiger partial charge in [0.15, 0.2) is 22.8 Å². The first-order valence-corrected chi connectivity index (χ1v) is 10.6. The highest BCUT2D eigenvalue weighted by Gasteiger charge is 2.74. The van der Waals surface area contributed by atoms with Crippen LogP contribution in [0, 0.1) is 16.2 Å². The molecule has 6 nitrogen and oxygen atoms in total. The van der Waals surface area contributed by atoms with E-state index in [1.54, 1.807) is 6.92 Å². The Labute approximate surface area is 176 Å². The first kappa shape index (κ1) is 23.4. The van der Waals surface area contributed by atoms with E-state index in [0.717, 1.165) is 5.56 Å². The number of carbonyl (C=O) groups excluding carboxylic acids is 2. The molecule has 0 bridgehead atoms. The van der Waals surface area contributed by atoms with Gasteiger partial charge in [-0.3, -0.25) is 0 Å². The van der Waals surface area contributed by atoms with Gasteiger partial charge >= 0.3 is 5.97 Å². The Bertz CT molecular complexity index is 797. The van der Waals surface area contributed by atoms with E-state index in [9.17, 15) is 9.59 Å². The fourth-order valence-electron chi connectivity index (χ4n) is 4.89. The van der Waals surface area contributed by atoms with Crippen molar-refractivity contribution in [3.63, 3.8) is 0 Å². The van der Waals surface area contributed by atoms with Crippen molar-refractivity contribution in [1.29, 1.82) is 0 Å². The Hall–Kier alpha value is -1.92. The summed E-state index contributed by atoms with van der Waals surface area (Å²) in [5, 5.41) is 1.43. The van der Waals surface area contributed by atoms with E-state index < -0.39 is 22.3 Å². The summed E-state index contributed by atoms with van der Waals surface area (Å²) < 4.78 is 16.8. The lowest BCUT2D eigenvalue weighted by Gasteiger charge is -2.54. The second-order valence-corrected chi connectivity index (χ2v) is 9.75. The van der Waals surface area contributed by atoms with Gasteiger partial charge in [0.1, 0.15) is 11.6 Å². The number of rotatable bonds is 6. The summed E-state index contributed by atoms with van der Waals surface area (Å²) in [4.78, 5) is 25.3. The van der Waals surface area contributed by atoms with Crippen LogP contribution in [0.15, 0.2) is 36.0 Å². The Kier molecular flexibility index (Phi) is 6.50. The zero-order valence-corrected chi connectivity index (χ0v) is 20.8. The number of carbonyl (C=O) groups is 1. The average Bonchev–Trinajstić information content (AvgIpc) is 2.81. The normalized spacial score (nSPS) is 26.4. The number of ether oxygens (including phenoxy) is 2. The molecular formula is C22H33NO5Si. The maximum atomic E-state index is 13.4. The van der Waals surface area contributed by atoms with Gasteiger partial charge in [-0.1, -0.05) is 71.9 Å². The Morgan fingerprint density at radius 3 is 2.21 bits per heavy atom. The van der Waals surface area contributed by atoms with E-state index in [1.165, 1.54) is 5.06 Å². The molecule has 0 aromatic heterocycles. The number of esters is 1. The molecule has 0 aliphatic carbocycles. The summed E-state index contributed by atoms with van der Waals surface area (Å²) in [6.07, 6.45) is 0. The summed E-state index contributed by atoms with van der Waals surface area (Å²) >= 11 is 0. The predicted octanol–water partition coefficient (Wildman–Crippen LogP) is 2.78. The zero-order chi connectivity index (χ0) is 22.1. The van der Waals surface area contributed by atoms with Crippen LogP contribution in [0.3, 0.4) is 0 Å². The van der Waals surface area contributed by atoms with Crippen molar-refractivity contribution in [1.82, 2.24) is 5.06 Å². The van der Waals surface area contributed by atoms with Crippen LogP contribution in [0.5, 0.6) is 0 Å². The molecule has 7 heteroatoms. The first-order chi connectivity index (χ1) is 13.4. The van der Waals surface area contributed by atoms with E-state index >= 15 is 0 Å². The van der Waals surface area contributed by atoms with E-state index in [2.05, 4.69) is 20.8 Å². The molecule has 0 saturated carbocycles. The second kappa shape index (κ2) is 8.07. The van der Waals surface area contributed by atoms with Crippen molar-refractivity contribution in [3.05, 3.63) is 41.6 Å². The van der Waals surface area contributed by atoms with Gasteiger partial charge in [0.05, 0.1) is 6.61 Å². The molecule has 160 valence electrons. The molecular weight excluding hydrogens is 386 g/mol. The number of benzene rings is 1. The van der Waals surface area contributed by atoms with Crippen molar-refractivity contribution < 1.29 is 23.6 Å². The lowest BCUT2D eigenvalue weighted by Crippen LogP contribution is -2.63. The molecule has 29 heavy (non-hydrogen) atoms. The average molecular weight is 420 g/mol. The SMILES string of the molecule is CC(C)(C)C1(C)C(C)(C)C(=C=O)N(O[SiH3])C1(C)C(=O)OCOCc1ccccc1. The fraction of sp³-hybridized carbons (Fsp3) is 0.591. The Morgan fingerprint density at radius 1 is 1.14 bits per heavy atom. The molecule has 1 aliphatic heterocycles. The topological polar surface area (TPSA) is 65.1 Å². The molecule has 1 aliphatic rings. The quantitative estimate of drug-likeness (QED) is 0.232. The molecule has 1 aromatic carbocycles. The molecule has 2 unspecified atom stereocenters. The summed E-state index contributed by atoms with van der Waals surface area (Å²) in [6.45, 7) is 14.0. The lowest BCUT2D eigenvalue weighted by atomic mass is 9.49. The smallest absolute Gasteiger partial charge is 0.336 e. The van der Waals surface area contributed by atoms with Crippen LogP contribution >= 0.6 is 0 Å². The zero-order valence-electron chi connectivity index (χ0n) is 18.8. The number of nitrogens with zero attached hydrogens (tertiary/aromatic N) is 1. The van der Waals surface area contributed by atoms with Crippen LogP contribution in [0.1, 0.15) is 54.0 Å². The van der Waals surface area contributed by atoms with Crippen molar-refractivity contribution in [2.75, 3.05) is 6.79 Å². The van der Waals surface area contributed by atoms with E-state index in [0.29, 0.717) is 22.8 Å². The molecule has 0 N–H and O–H groups in total. The summed E-state index contributed by atoms with van der Waals surface area (Å²) in [6, 6.07) is 9.67. The van der Waals surface area contributed by atoms with Crippen LogP contribution in [0.2, 0.25) is 0 Å². The van der Waals surface area contributed by atoms with Gasteiger partial charge < -0.3 is 14.0 Å². The van der Waals surface area contributed by atoms with Crippen LogP contribution in [-0.4, -0.2) is 39.8 Å². The van der Waals surface area contributed by atoms with Crippen LogP contribution in [0.25, 0.3) is 0 Å². The van der Waals surface area contributed by atoms with Crippen molar-refractivity contribution in [3.8, 4) is 0 Å². The summed E-state index contributed by atoms with van der Waals surface area (Å²) in [7, 11) is 0.312. The molecule has 0 radical (unpaired) electrons.